The smallest absolute Gasteiger partial charge is 0.326 e. The van der Waals surface area contributed by atoms with Gasteiger partial charge in [0.1, 0.15) is 6.04 Å². The fraction of sp³-hybridized carbons (Fsp3) is 0.286. The number of carboxylic acid groups (broad SMARTS) is 1. The maximum absolute atomic E-state index is 11.2. The molecule has 0 aliphatic carbocycles. The Hall–Kier alpha value is -1.82. The van der Waals surface area contributed by atoms with Gasteiger partial charge in [-0.2, -0.15) is 0 Å². The second-order valence-corrected chi connectivity index (χ2v) is 5.54. The first-order chi connectivity index (χ1) is 9.40. The van der Waals surface area contributed by atoms with Gasteiger partial charge in [0, 0.05) is 28.9 Å². The fourth-order valence-corrected chi connectivity index (χ4v) is 2.75. The average Bonchev–Trinajstić information content (AvgIpc) is 2.66. The zero-order valence-electron chi connectivity index (χ0n) is 11.2. The molecule has 20 heavy (non-hydrogen) atoms. The van der Waals surface area contributed by atoms with Crippen LogP contribution in [0, 0.1) is 6.92 Å². The van der Waals surface area contributed by atoms with Gasteiger partial charge in [-0.25, -0.2) is 4.79 Å². The number of nitrogens with one attached hydrogen (secondary N) is 2. The molecule has 1 aromatic heterocycles. The van der Waals surface area contributed by atoms with Gasteiger partial charge in [-0.3, -0.25) is 4.79 Å². The summed E-state index contributed by atoms with van der Waals surface area (Å²) in [5.74, 6) is -1.39. The van der Waals surface area contributed by atoms with Crippen LogP contribution in [0.3, 0.4) is 0 Å². The quantitative estimate of drug-likeness (QED) is 0.800. The lowest BCUT2D eigenvalue weighted by Gasteiger charge is -2.13. The Morgan fingerprint density at radius 1 is 1.45 bits per heavy atom. The summed E-state index contributed by atoms with van der Waals surface area (Å²) >= 11 is 3.46. The number of H-pyrrole nitrogens is 1. The highest BCUT2D eigenvalue weighted by Gasteiger charge is 2.22. The van der Waals surface area contributed by atoms with Crippen molar-refractivity contribution in [1.29, 1.82) is 0 Å². The van der Waals surface area contributed by atoms with Crippen molar-refractivity contribution in [3.63, 3.8) is 0 Å². The first kappa shape index (κ1) is 14.6. The van der Waals surface area contributed by atoms with E-state index in [0.717, 1.165) is 26.6 Å². The van der Waals surface area contributed by atoms with E-state index in [4.69, 9.17) is 0 Å². The predicted octanol–water partition coefficient (Wildman–Crippen LogP) is 2.37. The second kappa shape index (κ2) is 5.66. The lowest BCUT2D eigenvalue weighted by atomic mass is 10.0. The van der Waals surface area contributed by atoms with E-state index < -0.39 is 12.0 Å². The summed E-state index contributed by atoms with van der Waals surface area (Å²) in [6.45, 7) is 3.21. The third kappa shape index (κ3) is 2.85. The van der Waals surface area contributed by atoms with Crippen LogP contribution < -0.4 is 5.32 Å². The molecule has 0 unspecified atom stereocenters. The van der Waals surface area contributed by atoms with Crippen LogP contribution in [0.25, 0.3) is 10.9 Å². The van der Waals surface area contributed by atoms with Crippen molar-refractivity contribution in [2.75, 3.05) is 0 Å². The Kier molecular flexibility index (Phi) is 4.13. The Morgan fingerprint density at radius 3 is 2.75 bits per heavy atom. The van der Waals surface area contributed by atoms with Gasteiger partial charge in [-0.05, 0) is 34.5 Å². The van der Waals surface area contributed by atoms with Gasteiger partial charge in [-0.15, -0.1) is 0 Å². The Bertz CT molecular complexity index is 678. The molecule has 106 valence electrons. The number of fused-ring (bicyclic) bond motifs is 1. The molecule has 0 saturated heterocycles. The largest absolute Gasteiger partial charge is 0.480 e. The van der Waals surface area contributed by atoms with Gasteiger partial charge in [0.15, 0.2) is 0 Å². The number of aliphatic carboxylic acids is 1. The minimum atomic E-state index is -1.04. The SMILES string of the molecule is CC(=O)N[C@@H](Cc1c(C)[nH]c2c(Br)cccc12)C(=O)O. The maximum atomic E-state index is 11.2. The van der Waals surface area contributed by atoms with Crippen molar-refractivity contribution in [3.8, 4) is 0 Å². The summed E-state index contributed by atoms with van der Waals surface area (Å²) in [6.07, 6.45) is 0.247. The molecule has 2 rings (SSSR count). The number of hydrogen-bond acceptors (Lipinski definition) is 2. The van der Waals surface area contributed by atoms with Gasteiger partial charge in [-0.1, -0.05) is 12.1 Å². The molecule has 2 aromatic rings. The molecule has 3 N–H and O–H groups in total. The summed E-state index contributed by atoms with van der Waals surface area (Å²) in [4.78, 5) is 25.6. The normalized spacial score (nSPS) is 12.3. The summed E-state index contributed by atoms with van der Waals surface area (Å²) < 4.78 is 0.927. The monoisotopic (exact) mass is 338 g/mol. The van der Waals surface area contributed by atoms with E-state index in [9.17, 15) is 14.7 Å². The molecular formula is C14H15BrN2O3. The number of hydrogen-bond donors (Lipinski definition) is 3. The van der Waals surface area contributed by atoms with Crippen molar-refractivity contribution in [2.24, 2.45) is 0 Å². The topological polar surface area (TPSA) is 82.2 Å². The number of carboxylic acids is 1. The van der Waals surface area contributed by atoms with Crippen molar-refractivity contribution in [3.05, 3.63) is 33.9 Å². The standard InChI is InChI=1S/C14H15BrN2O3/c1-7-10(6-12(14(19)20)17-8(2)18)9-4-3-5-11(15)13(9)16-7/h3-5,12,16H,6H2,1-2H3,(H,17,18)(H,19,20)/t12-/m0/s1. The number of rotatable bonds is 4. The highest BCUT2D eigenvalue weighted by atomic mass is 79.9. The number of amides is 1. The van der Waals surface area contributed by atoms with Crippen LogP contribution in [0.15, 0.2) is 22.7 Å². The number of aromatic nitrogens is 1. The van der Waals surface area contributed by atoms with Crippen molar-refractivity contribution < 1.29 is 14.7 Å². The number of para-hydroxylation sites is 1. The molecule has 1 amide bonds. The van der Waals surface area contributed by atoms with Crippen LogP contribution in [0.2, 0.25) is 0 Å². The number of halogens is 1. The van der Waals surface area contributed by atoms with E-state index in [2.05, 4.69) is 26.2 Å². The molecule has 0 aliphatic rings. The summed E-state index contributed by atoms with van der Waals surface area (Å²) in [5, 5.41) is 12.6. The Balaban J connectivity index is 2.42. The molecule has 0 saturated carbocycles. The maximum Gasteiger partial charge on any atom is 0.326 e. The van der Waals surface area contributed by atoms with Gasteiger partial charge in [0.05, 0.1) is 5.52 Å². The fourth-order valence-electron chi connectivity index (χ4n) is 2.28. The molecule has 6 heteroatoms. The number of carbonyl (C=O) groups is 2. The summed E-state index contributed by atoms with van der Waals surface area (Å²) in [5.41, 5.74) is 2.75. The van der Waals surface area contributed by atoms with Gasteiger partial charge in [0.25, 0.3) is 0 Å². The molecule has 0 radical (unpaired) electrons. The van der Waals surface area contributed by atoms with Gasteiger partial charge in [0.2, 0.25) is 5.91 Å². The minimum absolute atomic E-state index is 0.247. The van der Waals surface area contributed by atoms with Crippen LogP contribution in [-0.2, 0) is 16.0 Å². The molecule has 0 fully saturated rings. The molecular weight excluding hydrogens is 324 g/mol. The van der Waals surface area contributed by atoms with Crippen LogP contribution in [0.1, 0.15) is 18.2 Å². The highest BCUT2D eigenvalue weighted by molar-refractivity contribution is 9.10. The average molecular weight is 339 g/mol. The predicted molar refractivity (Wildman–Crippen MR) is 79.7 cm³/mol. The number of carbonyl (C=O) groups excluding carboxylic acids is 1. The number of aryl methyl sites for hydroxylation is 1. The van der Waals surface area contributed by atoms with Crippen LogP contribution >= 0.6 is 15.9 Å². The van der Waals surface area contributed by atoms with E-state index in [0.29, 0.717) is 0 Å². The number of aromatic amines is 1. The molecule has 1 aromatic carbocycles. The molecule has 0 spiro atoms. The molecule has 1 atom stereocenters. The zero-order chi connectivity index (χ0) is 14.9. The third-order valence-electron chi connectivity index (χ3n) is 3.19. The molecule has 0 bridgehead atoms. The second-order valence-electron chi connectivity index (χ2n) is 4.69. The Labute approximate surface area is 124 Å². The third-order valence-corrected chi connectivity index (χ3v) is 3.85. The molecule has 0 aliphatic heterocycles. The molecule has 1 heterocycles. The van der Waals surface area contributed by atoms with E-state index in [1.54, 1.807) is 0 Å². The van der Waals surface area contributed by atoms with E-state index in [1.807, 2.05) is 25.1 Å². The van der Waals surface area contributed by atoms with E-state index in [-0.39, 0.29) is 12.3 Å². The van der Waals surface area contributed by atoms with Crippen LogP contribution in [-0.4, -0.2) is 28.0 Å². The first-order valence-electron chi connectivity index (χ1n) is 6.15. The summed E-state index contributed by atoms with van der Waals surface area (Å²) in [7, 11) is 0. The highest BCUT2D eigenvalue weighted by Crippen LogP contribution is 2.29. The summed E-state index contributed by atoms with van der Waals surface area (Å²) in [6, 6.07) is 4.83. The van der Waals surface area contributed by atoms with E-state index in [1.165, 1.54) is 6.92 Å². The molecule has 5 nitrogen and oxygen atoms in total. The number of benzene rings is 1. The van der Waals surface area contributed by atoms with Crippen molar-refractivity contribution in [1.82, 2.24) is 10.3 Å². The van der Waals surface area contributed by atoms with Crippen LogP contribution in [0.4, 0.5) is 0 Å². The van der Waals surface area contributed by atoms with Crippen LogP contribution in [0.5, 0.6) is 0 Å². The van der Waals surface area contributed by atoms with E-state index >= 15 is 0 Å². The minimum Gasteiger partial charge on any atom is -0.480 e. The van der Waals surface area contributed by atoms with Gasteiger partial charge < -0.3 is 15.4 Å². The Morgan fingerprint density at radius 2 is 2.15 bits per heavy atom. The lowest BCUT2D eigenvalue weighted by molar-refractivity contribution is -0.141. The lowest BCUT2D eigenvalue weighted by Crippen LogP contribution is -2.41. The van der Waals surface area contributed by atoms with Gasteiger partial charge >= 0.3 is 5.97 Å². The van der Waals surface area contributed by atoms with Crippen molar-refractivity contribution in [2.45, 2.75) is 26.3 Å². The zero-order valence-corrected chi connectivity index (χ0v) is 12.7. The van der Waals surface area contributed by atoms with Crippen molar-refractivity contribution >= 4 is 38.7 Å². The first-order valence-corrected chi connectivity index (χ1v) is 6.95.